The van der Waals surface area contributed by atoms with E-state index in [0.717, 1.165) is 28.7 Å². The number of fused-ring (bicyclic) bond motifs is 1. The van der Waals surface area contributed by atoms with Crippen molar-refractivity contribution in [3.05, 3.63) is 23.9 Å². The number of phenols is 1. The number of phenolic OH excluding ortho intramolecular Hbond substituents is 1. The fourth-order valence-electron chi connectivity index (χ4n) is 3.01. The lowest BCUT2D eigenvalue weighted by Crippen LogP contribution is -2.01. The number of aromatic amines is 1. The molecule has 0 spiro atoms. The number of hydrogen-bond acceptors (Lipinski definition) is 2. The van der Waals surface area contributed by atoms with Gasteiger partial charge in [-0.15, -0.1) is 0 Å². The van der Waals surface area contributed by atoms with Crippen LogP contribution in [0.1, 0.15) is 63.9 Å². The number of unbranched alkanes of at least 4 members (excludes halogenated alkanes) is 7. The molecule has 0 aliphatic carbocycles. The highest BCUT2D eigenvalue weighted by molar-refractivity contribution is 5.91. The second-order valence-corrected chi connectivity index (χ2v) is 6.29. The molecule has 0 unspecified atom stereocenters. The molecular formula is C19H30N2O. The summed E-state index contributed by atoms with van der Waals surface area (Å²) in [7, 11) is 0. The zero-order chi connectivity index (χ0) is 15.8. The van der Waals surface area contributed by atoms with Crippen LogP contribution in [0.15, 0.2) is 18.3 Å². The number of aryl methyl sites for hydroxylation is 1. The first kappa shape index (κ1) is 16.7. The smallest absolute Gasteiger partial charge is 0.127 e. The van der Waals surface area contributed by atoms with Gasteiger partial charge in [0.2, 0.25) is 0 Å². The second kappa shape index (κ2) is 8.72. The van der Waals surface area contributed by atoms with Crippen LogP contribution in [0.25, 0.3) is 10.9 Å². The van der Waals surface area contributed by atoms with Gasteiger partial charge in [-0.2, -0.15) is 0 Å². The molecule has 3 N–H and O–H groups in total. The van der Waals surface area contributed by atoms with E-state index >= 15 is 0 Å². The van der Waals surface area contributed by atoms with Crippen LogP contribution in [0, 0.1) is 6.92 Å². The first-order valence-electron chi connectivity index (χ1n) is 8.77. The number of aromatic nitrogens is 1. The molecule has 0 aliphatic rings. The van der Waals surface area contributed by atoms with E-state index in [1.807, 2.05) is 19.2 Å². The lowest BCUT2D eigenvalue weighted by molar-refractivity contribution is 0.481. The lowest BCUT2D eigenvalue weighted by Gasteiger charge is -2.08. The van der Waals surface area contributed by atoms with Crippen molar-refractivity contribution in [3.63, 3.8) is 0 Å². The molecular weight excluding hydrogens is 272 g/mol. The fourth-order valence-corrected chi connectivity index (χ4v) is 3.01. The van der Waals surface area contributed by atoms with Gasteiger partial charge in [0.05, 0.1) is 5.52 Å². The number of aromatic hydroxyl groups is 1. The quantitative estimate of drug-likeness (QED) is 0.490. The van der Waals surface area contributed by atoms with E-state index in [-0.39, 0.29) is 0 Å². The molecule has 0 radical (unpaired) electrons. The van der Waals surface area contributed by atoms with E-state index in [0.29, 0.717) is 5.75 Å². The molecule has 22 heavy (non-hydrogen) atoms. The Labute approximate surface area is 134 Å². The minimum atomic E-state index is 0.356. The van der Waals surface area contributed by atoms with Crippen LogP contribution < -0.4 is 5.32 Å². The number of anilines is 1. The molecule has 0 atom stereocenters. The van der Waals surface area contributed by atoms with Crippen molar-refractivity contribution in [1.29, 1.82) is 0 Å². The number of benzene rings is 1. The van der Waals surface area contributed by atoms with Crippen molar-refractivity contribution in [2.75, 3.05) is 11.9 Å². The molecule has 0 aliphatic heterocycles. The Kier molecular flexibility index (Phi) is 6.63. The van der Waals surface area contributed by atoms with Gasteiger partial charge in [-0.25, -0.2) is 0 Å². The summed E-state index contributed by atoms with van der Waals surface area (Å²) in [6, 6.07) is 3.90. The Hall–Kier alpha value is -1.64. The van der Waals surface area contributed by atoms with Gasteiger partial charge in [0.25, 0.3) is 0 Å². The third-order valence-electron chi connectivity index (χ3n) is 4.32. The maximum Gasteiger partial charge on any atom is 0.127 e. The first-order chi connectivity index (χ1) is 10.7. The van der Waals surface area contributed by atoms with Gasteiger partial charge in [-0.3, -0.25) is 0 Å². The summed E-state index contributed by atoms with van der Waals surface area (Å²) in [6.07, 6.45) is 12.6. The summed E-state index contributed by atoms with van der Waals surface area (Å²) in [5.41, 5.74) is 3.08. The van der Waals surface area contributed by atoms with E-state index in [1.165, 1.54) is 51.4 Å². The molecule has 2 aromatic rings. The van der Waals surface area contributed by atoms with Crippen molar-refractivity contribution in [2.45, 2.75) is 65.2 Å². The van der Waals surface area contributed by atoms with Crippen molar-refractivity contribution >= 4 is 16.6 Å². The Morgan fingerprint density at radius 2 is 1.68 bits per heavy atom. The van der Waals surface area contributed by atoms with Crippen LogP contribution in [0.5, 0.6) is 5.75 Å². The zero-order valence-electron chi connectivity index (χ0n) is 14.0. The Balaban J connectivity index is 1.67. The molecule has 0 bridgehead atoms. The van der Waals surface area contributed by atoms with E-state index < -0.39 is 0 Å². The molecule has 1 aromatic heterocycles. The van der Waals surface area contributed by atoms with Crippen molar-refractivity contribution in [3.8, 4) is 5.75 Å². The molecule has 0 fully saturated rings. The predicted octanol–water partition coefficient (Wildman–Crippen LogP) is 5.73. The average Bonchev–Trinajstić information content (AvgIpc) is 2.87. The van der Waals surface area contributed by atoms with Gasteiger partial charge in [0, 0.05) is 29.9 Å². The average molecular weight is 302 g/mol. The van der Waals surface area contributed by atoms with Crippen molar-refractivity contribution in [2.24, 2.45) is 0 Å². The van der Waals surface area contributed by atoms with E-state index in [9.17, 15) is 5.11 Å². The number of nitrogens with one attached hydrogen (secondary N) is 2. The van der Waals surface area contributed by atoms with Crippen LogP contribution in [0.3, 0.4) is 0 Å². The van der Waals surface area contributed by atoms with Gasteiger partial charge < -0.3 is 15.4 Å². The van der Waals surface area contributed by atoms with Crippen molar-refractivity contribution in [1.82, 2.24) is 4.98 Å². The predicted molar refractivity (Wildman–Crippen MR) is 95.8 cm³/mol. The summed E-state index contributed by atoms with van der Waals surface area (Å²) in [6.45, 7) is 5.24. The first-order valence-corrected chi connectivity index (χ1v) is 8.77. The maximum absolute atomic E-state index is 10.1. The van der Waals surface area contributed by atoms with E-state index in [1.54, 1.807) is 0 Å². The zero-order valence-corrected chi connectivity index (χ0v) is 14.0. The largest absolute Gasteiger partial charge is 0.507 e. The van der Waals surface area contributed by atoms with Crippen LogP contribution in [-0.2, 0) is 0 Å². The van der Waals surface area contributed by atoms with E-state index in [4.69, 9.17) is 0 Å². The molecule has 122 valence electrons. The minimum Gasteiger partial charge on any atom is -0.507 e. The SMILES string of the molecule is CCCCCCCCCCNc1cc(O)c2c(C)c[nH]c2c1. The van der Waals surface area contributed by atoms with Crippen LogP contribution in [0.2, 0.25) is 0 Å². The van der Waals surface area contributed by atoms with Gasteiger partial charge in [-0.05, 0) is 25.0 Å². The molecule has 0 saturated carbocycles. The molecule has 0 amide bonds. The normalized spacial score (nSPS) is 11.2. The van der Waals surface area contributed by atoms with Gasteiger partial charge >= 0.3 is 0 Å². The Morgan fingerprint density at radius 3 is 2.41 bits per heavy atom. The Bertz CT molecular complexity index is 574. The van der Waals surface area contributed by atoms with Gasteiger partial charge in [0.1, 0.15) is 5.75 Å². The van der Waals surface area contributed by atoms with Crippen LogP contribution >= 0.6 is 0 Å². The fraction of sp³-hybridized carbons (Fsp3) is 0.579. The monoisotopic (exact) mass is 302 g/mol. The lowest BCUT2D eigenvalue weighted by atomic mass is 10.1. The standard InChI is InChI=1S/C19H30N2O/c1-3-4-5-6-7-8-9-10-11-20-16-12-17-19(18(22)13-16)15(2)14-21-17/h12-14,20-22H,3-11H2,1-2H3. The number of rotatable bonds is 10. The number of hydrogen-bond donors (Lipinski definition) is 3. The topological polar surface area (TPSA) is 48.0 Å². The second-order valence-electron chi connectivity index (χ2n) is 6.29. The molecule has 1 aromatic carbocycles. The highest BCUT2D eigenvalue weighted by Gasteiger charge is 2.06. The summed E-state index contributed by atoms with van der Waals surface area (Å²) in [4.78, 5) is 3.20. The summed E-state index contributed by atoms with van der Waals surface area (Å²) >= 11 is 0. The Morgan fingerprint density at radius 1 is 1.00 bits per heavy atom. The van der Waals surface area contributed by atoms with Gasteiger partial charge in [0.15, 0.2) is 0 Å². The van der Waals surface area contributed by atoms with E-state index in [2.05, 4.69) is 23.3 Å². The maximum atomic E-state index is 10.1. The third kappa shape index (κ3) is 4.69. The van der Waals surface area contributed by atoms with Gasteiger partial charge in [-0.1, -0.05) is 51.9 Å². The summed E-state index contributed by atoms with van der Waals surface area (Å²) < 4.78 is 0. The van der Waals surface area contributed by atoms with Crippen LogP contribution in [-0.4, -0.2) is 16.6 Å². The highest BCUT2D eigenvalue weighted by atomic mass is 16.3. The molecule has 3 heteroatoms. The highest BCUT2D eigenvalue weighted by Crippen LogP contribution is 2.31. The van der Waals surface area contributed by atoms with Crippen molar-refractivity contribution < 1.29 is 5.11 Å². The molecule has 0 saturated heterocycles. The molecule has 2 rings (SSSR count). The molecule has 1 heterocycles. The third-order valence-corrected chi connectivity index (χ3v) is 4.32. The molecule has 3 nitrogen and oxygen atoms in total. The number of H-pyrrole nitrogens is 1. The van der Waals surface area contributed by atoms with Crippen LogP contribution in [0.4, 0.5) is 5.69 Å². The summed E-state index contributed by atoms with van der Waals surface area (Å²) in [5.74, 6) is 0.356. The minimum absolute atomic E-state index is 0.356. The summed E-state index contributed by atoms with van der Waals surface area (Å²) in [5, 5.41) is 14.5.